The average Bonchev–Trinajstić information content (AvgIpc) is 2.45. The van der Waals surface area contributed by atoms with E-state index in [1.165, 1.54) is 0 Å². The molecule has 3 N–H and O–H groups in total. The molecule has 1 aliphatic rings. The Hall–Kier alpha value is -2.04. The Morgan fingerprint density at radius 3 is 2.81 bits per heavy atom. The maximum Gasteiger partial charge on any atom is 0.326 e. The summed E-state index contributed by atoms with van der Waals surface area (Å²) in [5, 5.41) is 15.1. The molecule has 1 amide bonds. The van der Waals surface area contributed by atoms with E-state index >= 15 is 0 Å². The molecule has 0 fully saturated rings. The smallest absolute Gasteiger partial charge is 0.326 e. The van der Waals surface area contributed by atoms with Crippen LogP contribution in [0.25, 0.3) is 0 Å². The molecule has 0 aliphatic carbocycles. The van der Waals surface area contributed by atoms with Crippen LogP contribution >= 0.6 is 0 Å². The first-order valence-electron chi connectivity index (χ1n) is 7.38. The quantitative estimate of drug-likeness (QED) is 0.777. The predicted molar refractivity (Wildman–Crippen MR) is 81.6 cm³/mol. The molecule has 1 aromatic carbocycles. The number of rotatable bonds is 5. The van der Waals surface area contributed by atoms with E-state index in [2.05, 4.69) is 10.6 Å². The summed E-state index contributed by atoms with van der Waals surface area (Å²) in [4.78, 5) is 23.7. The number of carbonyl (C=O) groups excluding carboxylic acids is 1. The third-order valence-electron chi connectivity index (χ3n) is 3.65. The molecule has 114 valence electrons. The molecule has 0 bridgehead atoms. The molecular formula is C16H22N2O3. The number of carbonyl (C=O) groups is 2. The molecule has 1 heterocycles. The molecule has 0 aromatic heterocycles. The lowest BCUT2D eigenvalue weighted by Gasteiger charge is -2.22. The van der Waals surface area contributed by atoms with Gasteiger partial charge in [0.1, 0.15) is 6.04 Å². The minimum atomic E-state index is -0.986. The number of nitrogens with one attached hydrogen (secondary N) is 2. The van der Waals surface area contributed by atoms with Crippen LogP contribution in [0, 0.1) is 5.92 Å². The minimum absolute atomic E-state index is 0.206. The highest BCUT2D eigenvalue weighted by Gasteiger charge is 2.24. The van der Waals surface area contributed by atoms with Crippen LogP contribution in [0.5, 0.6) is 0 Å². The van der Waals surface area contributed by atoms with E-state index in [0.717, 1.165) is 30.6 Å². The summed E-state index contributed by atoms with van der Waals surface area (Å²) in [7, 11) is 0. The van der Waals surface area contributed by atoms with Crippen LogP contribution < -0.4 is 10.6 Å². The van der Waals surface area contributed by atoms with Crippen LogP contribution in [0.15, 0.2) is 18.2 Å². The Bertz CT molecular complexity index is 540. The van der Waals surface area contributed by atoms with Crippen LogP contribution in [0.3, 0.4) is 0 Å². The number of anilines is 1. The second-order valence-corrected chi connectivity index (χ2v) is 5.86. The van der Waals surface area contributed by atoms with Gasteiger partial charge in [-0.25, -0.2) is 4.79 Å². The predicted octanol–water partition coefficient (Wildman–Crippen LogP) is 2.27. The molecule has 5 nitrogen and oxygen atoms in total. The van der Waals surface area contributed by atoms with E-state index in [1.807, 2.05) is 26.0 Å². The highest BCUT2D eigenvalue weighted by Crippen LogP contribution is 2.25. The van der Waals surface area contributed by atoms with Gasteiger partial charge in [-0.3, -0.25) is 4.79 Å². The van der Waals surface area contributed by atoms with Gasteiger partial charge in [0.25, 0.3) is 5.91 Å². The molecule has 21 heavy (non-hydrogen) atoms. The molecule has 1 atom stereocenters. The molecule has 0 saturated carbocycles. The van der Waals surface area contributed by atoms with Crippen molar-refractivity contribution in [3.05, 3.63) is 29.3 Å². The van der Waals surface area contributed by atoms with Crippen molar-refractivity contribution >= 4 is 17.6 Å². The molecule has 2 rings (SSSR count). The first-order valence-corrected chi connectivity index (χ1v) is 7.38. The van der Waals surface area contributed by atoms with Crippen molar-refractivity contribution < 1.29 is 14.7 Å². The summed E-state index contributed by atoms with van der Waals surface area (Å²) in [6.45, 7) is 4.79. The van der Waals surface area contributed by atoms with Gasteiger partial charge in [0.2, 0.25) is 0 Å². The van der Waals surface area contributed by atoms with Gasteiger partial charge in [0.05, 0.1) is 0 Å². The average molecular weight is 290 g/mol. The summed E-state index contributed by atoms with van der Waals surface area (Å²) in [5.74, 6) is -1.08. The highest BCUT2D eigenvalue weighted by molar-refractivity contribution is 5.99. The lowest BCUT2D eigenvalue weighted by Crippen LogP contribution is -2.42. The van der Waals surface area contributed by atoms with E-state index in [-0.39, 0.29) is 11.8 Å². The summed E-state index contributed by atoms with van der Waals surface area (Å²) in [6.07, 6.45) is 2.24. The normalized spacial score (nSPS) is 15.0. The van der Waals surface area contributed by atoms with Crippen molar-refractivity contribution in [1.29, 1.82) is 0 Å². The van der Waals surface area contributed by atoms with Gasteiger partial charge < -0.3 is 15.7 Å². The van der Waals surface area contributed by atoms with E-state index in [0.29, 0.717) is 12.0 Å². The van der Waals surface area contributed by atoms with Gasteiger partial charge >= 0.3 is 5.97 Å². The van der Waals surface area contributed by atoms with Crippen LogP contribution in [0.4, 0.5) is 5.69 Å². The summed E-state index contributed by atoms with van der Waals surface area (Å²) >= 11 is 0. The largest absolute Gasteiger partial charge is 0.480 e. The molecule has 0 radical (unpaired) electrons. The molecule has 0 saturated heterocycles. The number of aliphatic carboxylic acids is 1. The Morgan fingerprint density at radius 1 is 1.38 bits per heavy atom. The van der Waals surface area contributed by atoms with Crippen LogP contribution in [0.2, 0.25) is 0 Å². The molecule has 1 aromatic rings. The monoisotopic (exact) mass is 290 g/mol. The minimum Gasteiger partial charge on any atom is -0.480 e. The summed E-state index contributed by atoms with van der Waals surface area (Å²) < 4.78 is 0. The maximum absolute atomic E-state index is 12.4. The van der Waals surface area contributed by atoms with Crippen molar-refractivity contribution in [2.24, 2.45) is 5.92 Å². The second-order valence-electron chi connectivity index (χ2n) is 5.86. The Balaban J connectivity index is 2.18. The van der Waals surface area contributed by atoms with E-state index in [9.17, 15) is 14.7 Å². The van der Waals surface area contributed by atoms with Gasteiger partial charge in [-0.15, -0.1) is 0 Å². The van der Waals surface area contributed by atoms with Crippen LogP contribution in [-0.2, 0) is 11.2 Å². The van der Waals surface area contributed by atoms with Gasteiger partial charge in [-0.1, -0.05) is 19.9 Å². The van der Waals surface area contributed by atoms with Crippen molar-refractivity contribution in [1.82, 2.24) is 5.32 Å². The number of amides is 1. The fraction of sp³-hybridized carbons (Fsp3) is 0.500. The van der Waals surface area contributed by atoms with Crippen molar-refractivity contribution in [2.45, 2.75) is 39.2 Å². The first-order chi connectivity index (χ1) is 9.99. The lowest BCUT2D eigenvalue weighted by molar-refractivity contribution is -0.139. The molecule has 5 heteroatoms. The SMILES string of the molecule is CC(C)C[C@H](NC(=O)c1cccc2c1CCCN2)C(=O)O. The fourth-order valence-corrected chi connectivity index (χ4v) is 2.65. The number of carboxylic acid groups (broad SMARTS) is 1. The molecule has 1 aliphatic heterocycles. The topological polar surface area (TPSA) is 78.4 Å². The zero-order valence-corrected chi connectivity index (χ0v) is 12.5. The number of fused-ring (bicyclic) bond motifs is 1. The maximum atomic E-state index is 12.4. The van der Waals surface area contributed by atoms with E-state index < -0.39 is 12.0 Å². The molecule has 0 unspecified atom stereocenters. The number of hydrogen-bond donors (Lipinski definition) is 3. The lowest BCUT2D eigenvalue weighted by atomic mass is 9.96. The highest BCUT2D eigenvalue weighted by atomic mass is 16.4. The van der Waals surface area contributed by atoms with E-state index in [4.69, 9.17) is 0 Å². The van der Waals surface area contributed by atoms with Gasteiger partial charge in [-0.05, 0) is 42.9 Å². The standard InChI is InChI=1S/C16H22N2O3/c1-10(2)9-14(16(20)21)18-15(19)12-5-3-7-13-11(12)6-4-8-17-13/h3,5,7,10,14,17H,4,6,8-9H2,1-2H3,(H,18,19)(H,20,21)/t14-/m0/s1. The first kappa shape index (κ1) is 15.4. The Labute approximate surface area is 124 Å². The van der Waals surface area contributed by atoms with Crippen molar-refractivity contribution in [3.8, 4) is 0 Å². The number of carboxylic acids is 1. The molecule has 0 spiro atoms. The Kier molecular flexibility index (Phi) is 4.83. The fourth-order valence-electron chi connectivity index (χ4n) is 2.65. The number of benzene rings is 1. The van der Waals surface area contributed by atoms with Crippen molar-refractivity contribution in [2.75, 3.05) is 11.9 Å². The third-order valence-corrected chi connectivity index (χ3v) is 3.65. The van der Waals surface area contributed by atoms with Gasteiger partial charge in [0.15, 0.2) is 0 Å². The van der Waals surface area contributed by atoms with Crippen LogP contribution in [-0.4, -0.2) is 29.6 Å². The van der Waals surface area contributed by atoms with E-state index in [1.54, 1.807) is 6.07 Å². The van der Waals surface area contributed by atoms with Crippen LogP contribution in [0.1, 0.15) is 42.6 Å². The van der Waals surface area contributed by atoms with Gasteiger partial charge in [-0.2, -0.15) is 0 Å². The summed E-state index contributed by atoms with van der Waals surface area (Å²) in [5.41, 5.74) is 2.54. The van der Waals surface area contributed by atoms with Crippen molar-refractivity contribution in [3.63, 3.8) is 0 Å². The number of hydrogen-bond acceptors (Lipinski definition) is 3. The summed E-state index contributed by atoms with van der Waals surface area (Å²) in [6, 6.07) is 4.69. The molecular weight excluding hydrogens is 268 g/mol. The zero-order valence-electron chi connectivity index (χ0n) is 12.5. The third kappa shape index (κ3) is 3.74. The zero-order chi connectivity index (χ0) is 15.4. The van der Waals surface area contributed by atoms with Gasteiger partial charge in [0, 0.05) is 17.8 Å². The second kappa shape index (κ2) is 6.61. The Morgan fingerprint density at radius 2 is 2.14 bits per heavy atom.